The van der Waals surface area contributed by atoms with Crippen molar-refractivity contribution in [3.05, 3.63) is 0 Å². The molecule has 3 heteroatoms. The highest BCUT2D eigenvalue weighted by Crippen LogP contribution is 2.08. The lowest BCUT2D eigenvalue weighted by atomic mass is 10.3. The smallest absolute Gasteiger partial charge is 0.134 e. The minimum absolute atomic E-state index is 0.234. The van der Waals surface area contributed by atoms with E-state index in [4.69, 9.17) is 0 Å². The van der Waals surface area contributed by atoms with Crippen LogP contribution in [0.4, 0.5) is 0 Å². The summed E-state index contributed by atoms with van der Waals surface area (Å²) in [7, 11) is -1.36. The van der Waals surface area contributed by atoms with Crippen molar-refractivity contribution in [1.82, 2.24) is 0 Å². The summed E-state index contributed by atoms with van der Waals surface area (Å²) in [5, 5.41) is 1.17. The maximum atomic E-state index is 11.0. The molecule has 0 saturated carbocycles. The van der Waals surface area contributed by atoms with Crippen LogP contribution >= 0.6 is 0 Å². The zero-order chi connectivity index (χ0) is 10.5. The summed E-state index contributed by atoms with van der Waals surface area (Å²) in [4.78, 5) is 15.5. The van der Waals surface area contributed by atoms with E-state index < -0.39 is 8.07 Å². The predicted molar refractivity (Wildman–Crippen MR) is 61.2 cm³/mol. The molecule has 76 valence electrons. The number of ketones is 1. The number of aliphatic imine (C=N–C) groups is 1. The summed E-state index contributed by atoms with van der Waals surface area (Å²) in [5.41, 5.74) is 0. The van der Waals surface area contributed by atoms with E-state index in [0.29, 0.717) is 6.42 Å². The summed E-state index contributed by atoms with van der Waals surface area (Å²) < 4.78 is 0. The Morgan fingerprint density at radius 3 is 2.15 bits per heavy atom. The lowest BCUT2D eigenvalue weighted by molar-refractivity contribution is -0.115. The third-order valence-corrected chi connectivity index (χ3v) is 3.87. The van der Waals surface area contributed by atoms with Crippen LogP contribution in [-0.2, 0) is 4.79 Å². The Morgan fingerprint density at radius 1 is 1.31 bits per heavy atom. The van der Waals surface area contributed by atoms with E-state index in [1.54, 1.807) is 6.92 Å². The summed E-state index contributed by atoms with van der Waals surface area (Å²) in [6.45, 7) is 11.3. The Bertz CT molecular complexity index is 203. The van der Waals surface area contributed by atoms with E-state index >= 15 is 0 Å². The third kappa shape index (κ3) is 5.74. The number of hydrogen-bond donors (Lipinski definition) is 0. The van der Waals surface area contributed by atoms with Crippen molar-refractivity contribution < 1.29 is 4.79 Å². The lowest BCUT2D eigenvalue weighted by Gasteiger charge is -2.18. The van der Waals surface area contributed by atoms with Gasteiger partial charge in [0, 0.05) is 18.3 Å². The quantitative estimate of drug-likeness (QED) is 0.494. The van der Waals surface area contributed by atoms with E-state index in [1.807, 2.05) is 0 Å². The molecular weight excluding hydrogens is 178 g/mol. The summed E-state index contributed by atoms with van der Waals surface area (Å²) >= 11 is 0. The molecule has 0 bridgehead atoms. The van der Waals surface area contributed by atoms with Gasteiger partial charge in [-0.15, -0.1) is 0 Å². The fourth-order valence-electron chi connectivity index (χ4n) is 1.04. The summed E-state index contributed by atoms with van der Waals surface area (Å²) in [5.74, 6) is 0.234. The maximum Gasteiger partial charge on any atom is 0.134 e. The minimum atomic E-state index is -1.36. The lowest BCUT2D eigenvalue weighted by Crippen LogP contribution is -2.35. The largest absolute Gasteiger partial charge is 0.300 e. The van der Waals surface area contributed by atoms with Crippen LogP contribution in [0.3, 0.4) is 0 Å². The molecule has 0 rings (SSSR count). The van der Waals surface area contributed by atoms with Gasteiger partial charge in [0.25, 0.3) is 0 Å². The van der Waals surface area contributed by atoms with Gasteiger partial charge in [0.15, 0.2) is 0 Å². The van der Waals surface area contributed by atoms with Gasteiger partial charge < -0.3 is 0 Å². The second-order valence-corrected chi connectivity index (χ2v) is 9.53. The standard InChI is InChI=1S/C10H21NOSi/c1-6-7-11-10(8-9(2)12)13(3,4)5/h6-8H2,1-5H3. The Hall–Kier alpha value is -0.443. The van der Waals surface area contributed by atoms with Crippen molar-refractivity contribution in [2.24, 2.45) is 4.99 Å². The Balaban J connectivity index is 4.46. The van der Waals surface area contributed by atoms with Gasteiger partial charge in [0.05, 0.1) is 8.07 Å². The fraction of sp³-hybridized carbons (Fsp3) is 0.800. The molecule has 0 aromatic rings. The first-order chi connectivity index (χ1) is 5.88. The van der Waals surface area contributed by atoms with E-state index in [9.17, 15) is 4.79 Å². The van der Waals surface area contributed by atoms with Crippen LogP contribution in [0.2, 0.25) is 19.6 Å². The second kappa shape index (κ2) is 5.32. The maximum absolute atomic E-state index is 11.0. The molecule has 0 saturated heterocycles. The van der Waals surface area contributed by atoms with Crippen molar-refractivity contribution >= 4 is 19.2 Å². The van der Waals surface area contributed by atoms with E-state index in [-0.39, 0.29) is 5.78 Å². The molecule has 0 aliphatic rings. The van der Waals surface area contributed by atoms with Gasteiger partial charge in [-0.1, -0.05) is 26.6 Å². The molecule has 0 heterocycles. The molecule has 0 radical (unpaired) electrons. The predicted octanol–water partition coefficient (Wildman–Crippen LogP) is 2.69. The SMILES string of the molecule is CCCN=C(CC(C)=O)[Si](C)(C)C. The Kier molecular flexibility index (Phi) is 5.14. The average molecular weight is 199 g/mol. The molecule has 0 aromatic carbocycles. The van der Waals surface area contributed by atoms with Crippen LogP contribution < -0.4 is 0 Å². The molecule has 0 atom stereocenters. The van der Waals surface area contributed by atoms with Crippen LogP contribution in [0.15, 0.2) is 4.99 Å². The van der Waals surface area contributed by atoms with E-state index in [0.717, 1.165) is 13.0 Å². The molecule has 0 N–H and O–H groups in total. The number of rotatable bonds is 5. The van der Waals surface area contributed by atoms with Crippen molar-refractivity contribution in [1.29, 1.82) is 0 Å². The molecule has 0 amide bonds. The Morgan fingerprint density at radius 2 is 1.85 bits per heavy atom. The zero-order valence-electron chi connectivity index (χ0n) is 9.48. The summed E-state index contributed by atoms with van der Waals surface area (Å²) in [6, 6.07) is 0. The molecule has 0 aliphatic carbocycles. The van der Waals surface area contributed by atoms with Gasteiger partial charge in [-0.2, -0.15) is 0 Å². The molecule has 0 unspecified atom stereocenters. The first-order valence-electron chi connectivity index (χ1n) is 4.91. The molecule has 0 fully saturated rings. The molecule has 13 heavy (non-hydrogen) atoms. The number of Topliss-reactive ketones (excluding diaryl/α,β-unsaturated/α-hetero) is 1. The first-order valence-corrected chi connectivity index (χ1v) is 8.41. The van der Waals surface area contributed by atoms with Crippen LogP contribution in [0.5, 0.6) is 0 Å². The zero-order valence-corrected chi connectivity index (χ0v) is 10.5. The molecule has 0 aliphatic heterocycles. The van der Waals surface area contributed by atoms with Gasteiger partial charge in [-0.25, -0.2) is 0 Å². The van der Waals surface area contributed by atoms with E-state index in [2.05, 4.69) is 31.6 Å². The van der Waals surface area contributed by atoms with E-state index in [1.165, 1.54) is 5.33 Å². The normalized spacial score (nSPS) is 13.2. The number of hydrogen-bond acceptors (Lipinski definition) is 2. The van der Waals surface area contributed by atoms with Crippen LogP contribution in [-0.4, -0.2) is 25.7 Å². The molecule has 0 spiro atoms. The van der Waals surface area contributed by atoms with Gasteiger partial charge in [0.1, 0.15) is 5.78 Å². The summed E-state index contributed by atoms with van der Waals surface area (Å²) in [6.07, 6.45) is 1.63. The topological polar surface area (TPSA) is 29.4 Å². The number of nitrogens with zero attached hydrogens (tertiary/aromatic N) is 1. The molecule has 0 aromatic heterocycles. The third-order valence-electron chi connectivity index (χ3n) is 1.81. The van der Waals surface area contributed by atoms with Gasteiger partial charge in [0.2, 0.25) is 0 Å². The highest BCUT2D eigenvalue weighted by atomic mass is 28.3. The highest BCUT2D eigenvalue weighted by Gasteiger charge is 2.21. The number of carbonyl (C=O) groups excluding carboxylic acids is 1. The van der Waals surface area contributed by atoms with Crippen LogP contribution in [0, 0.1) is 0 Å². The van der Waals surface area contributed by atoms with Crippen molar-refractivity contribution in [3.63, 3.8) is 0 Å². The highest BCUT2D eigenvalue weighted by molar-refractivity contribution is 7.04. The van der Waals surface area contributed by atoms with Crippen LogP contribution in [0.1, 0.15) is 26.7 Å². The molecular formula is C10H21NOSi. The minimum Gasteiger partial charge on any atom is -0.300 e. The van der Waals surface area contributed by atoms with Crippen molar-refractivity contribution in [2.75, 3.05) is 6.54 Å². The van der Waals surface area contributed by atoms with Crippen molar-refractivity contribution in [2.45, 2.75) is 46.3 Å². The van der Waals surface area contributed by atoms with Crippen molar-refractivity contribution in [3.8, 4) is 0 Å². The van der Waals surface area contributed by atoms with Gasteiger partial charge in [-0.05, 0) is 13.3 Å². The fourth-order valence-corrected chi connectivity index (χ4v) is 2.41. The molecule has 2 nitrogen and oxygen atoms in total. The Labute approximate surface area is 82.5 Å². The monoisotopic (exact) mass is 199 g/mol. The second-order valence-electron chi connectivity index (χ2n) is 4.46. The van der Waals surface area contributed by atoms with Crippen LogP contribution in [0.25, 0.3) is 0 Å². The average Bonchev–Trinajstić information content (AvgIpc) is 1.95. The van der Waals surface area contributed by atoms with Gasteiger partial charge in [-0.3, -0.25) is 9.79 Å². The van der Waals surface area contributed by atoms with Gasteiger partial charge >= 0.3 is 0 Å². The first kappa shape index (κ1) is 12.6. The number of carbonyl (C=O) groups is 1.